The van der Waals surface area contributed by atoms with Gasteiger partial charge in [0.2, 0.25) is 0 Å². The van der Waals surface area contributed by atoms with E-state index in [1.54, 1.807) is 41.4 Å². The van der Waals surface area contributed by atoms with Gasteiger partial charge in [-0.05, 0) is 99.3 Å². The molecular weight excluding hydrogens is 685 g/mol. The van der Waals surface area contributed by atoms with Crippen LogP contribution in [0.4, 0.5) is 0 Å². The molecule has 274 valence electrons. The van der Waals surface area contributed by atoms with Crippen molar-refractivity contribution in [1.29, 1.82) is 0 Å². The van der Waals surface area contributed by atoms with Crippen LogP contribution in [0.2, 0.25) is 0 Å². The first kappa shape index (κ1) is 24.6. The normalized spacial score (nSPS) is 14.8. The van der Waals surface area contributed by atoms with Gasteiger partial charge in [0.05, 0.1) is 36.1 Å². The second kappa shape index (κ2) is 14.2. The molecule has 0 saturated heterocycles. The number of ether oxygens (including phenoxy) is 1. The Kier molecular flexibility index (Phi) is 6.23. The summed E-state index contributed by atoms with van der Waals surface area (Å²) < 4.78 is 106. The molecule has 3 aromatic heterocycles. The van der Waals surface area contributed by atoms with Crippen LogP contribution in [0.3, 0.4) is 0 Å². The third-order valence-corrected chi connectivity index (χ3v) is 9.88. The fraction of sp³-hybridized carbons (Fsp3) is 0.137. The Bertz CT molecular complexity index is 3350. The predicted octanol–water partition coefficient (Wildman–Crippen LogP) is 12.6. The maximum absolute atomic E-state index is 8.85. The summed E-state index contributed by atoms with van der Waals surface area (Å²) in [6.07, 6.45) is 8.32. The summed E-state index contributed by atoms with van der Waals surface area (Å²) >= 11 is 0. The van der Waals surface area contributed by atoms with Gasteiger partial charge in [-0.3, -0.25) is 13.7 Å². The molecule has 0 aliphatic heterocycles. The summed E-state index contributed by atoms with van der Waals surface area (Å²) in [5.41, 5.74) is 4.62. The van der Waals surface area contributed by atoms with Crippen molar-refractivity contribution >= 4 is 21.8 Å². The molecule has 0 bridgehead atoms. The van der Waals surface area contributed by atoms with E-state index in [0.29, 0.717) is 23.0 Å². The van der Waals surface area contributed by atoms with Crippen molar-refractivity contribution < 1.29 is 24.4 Å². The molecule has 0 fully saturated rings. The highest BCUT2D eigenvalue weighted by atomic mass is 16.5. The number of hydrogen-bond donors (Lipinski definition) is 0. The topological polar surface area (TPSA) is 35.9 Å². The third kappa shape index (κ3) is 6.56. The van der Waals surface area contributed by atoms with E-state index in [1.165, 1.54) is 10.1 Å². The van der Waals surface area contributed by atoms with Crippen molar-refractivity contribution in [1.82, 2.24) is 14.1 Å². The second-order valence-electron chi connectivity index (χ2n) is 14.8. The summed E-state index contributed by atoms with van der Waals surface area (Å²) in [6.45, 7) is 10.3. The van der Waals surface area contributed by atoms with Gasteiger partial charge < -0.3 is 4.74 Å². The van der Waals surface area contributed by atoms with E-state index in [1.807, 2.05) is 68.4 Å². The molecule has 0 aliphatic carbocycles. The molecule has 0 radical (unpaired) electrons. The lowest BCUT2D eigenvalue weighted by molar-refractivity contribution is -0.598. The van der Waals surface area contributed by atoms with Crippen LogP contribution in [0.25, 0.3) is 61.3 Å². The van der Waals surface area contributed by atoms with Crippen LogP contribution < -0.4 is 9.30 Å². The lowest BCUT2D eigenvalue weighted by Gasteiger charge is -2.19. The van der Waals surface area contributed by atoms with E-state index < -0.39 is 66.3 Å². The average Bonchev–Trinajstić information content (AvgIpc) is 3.92. The summed E-state index contributed by atoms with van der Waals surface area (Å²) in [5, 5.41) is 2.07. The third-order valence-electron chi connectivity index (χ3n) is 9.88. The van der Waals surface area contributed by atoms with Gasteiger partial charge >= 0.3 is 0 Å². The van der Waals surface area contributed by atoms with Gasteiger partial charge in [-0.2, -0.15) is 0 Å². The highest BCUT2D eigenvalue weighted by molar-refractivity contribution is 6.09. The number of aromatic nitrogens is 4. The standard InChI is InChI=1S/C51H44N4O/c1-35(2)38-26-27-52-49(30-38)55-47-25-22-39(51(3,4)5)31-46(47)45-24-23-42(33-48(45)55)56-41-19-12-18-40(32-41)53-28-29-54(34-53)50-43(36-14-8-6-9-15-36)20-13-21-44(50)37-16-10-7-11-17-37/h6-33,35H,1-5H3/i6D,7D,8D,9D,10D,11D,14D,15D,16D,17D,35D. The minimum atomic E-state index is -0.841. The van der Waals surface area contributed by atoms with Crippen LogP contribution in [0.1, 0.15) is 66.7 Å². The SMILES string of the molecule is [2H]c1c([2H])c([2H])c(-c2cccc(-c3c([2H])c([2H])c([2H])c([2H])c3[2H])c2-[n+]2[c-]n(-c3cccc(Oc4ccc5c6cc(C(C)(C)C)ccc6n(-c6cc(C([2H])(C)C)ccn6)c5c4)c3)cc2)c([2H])c1[2H]. The molecule has 0 unspecified atom stereocenters. The molecule has 5 nitrogen and oxygen atoms in total. The molecule has 9 rings (SSSR count). The predicted molar refractivity (Wildman–Crippen MR) is 228 cm³/mol. The van der Waals surface area contributed by atoms with Crippen LogP contribution in [0.15, 0.2) is 170 Å². The smallest absolute Gasteiger partial charge is 0.268 e. The number of nitrogens with zero attached hydrogens (tertiary/aromatic N) is 4. The van der Waals surface area contributed by atoms with Gasteiger partial charge in [0, 0.05) is 36.8 Å². The molecule has 6 aromatic carbocycles. The monoisotopic (exact) mass is 739 g/mol. The molecule has 3 heterocycles. The maximum Gasteiger partial charge on any atom is 0.268 e. The fourth-order valence-electron chi connectivity index (χ4n) is 7.02. The fourth-order valence-corrected chi connectivity index (χ4v) is 7.02. The van der Waals surface area contributed by atoms with Crippen LogP contribution in [-0.2, 0) is 5.41 Å². The molecular formula is C51H44N4O. The zero-order valence-electron chi connectivity index (χ0n) is 42.6. The minimum Gasteiger partial charge on any atom is -0.458 e. The van der Waals surface area contributed by atoms with Gasteiger partial charge in [-0.15, -0.1) is 0 Å². The molecule has 0 amide bonds. The zero-order valence-corrected chi connectivity index (χ0v) is 31.6. The first-order valence-electron chi connectivity index (χ1n) is 23.8. The molecule has 56 heavy (non-hydrogen) atoms. The number of fused-ring (bicyclic) bond motifs is 3. The maximum atomic E-state index is 8.85. The Morgan fingerprint density at radius 2 is 1.43 bits per heavy atom. The van der Waals surface area contributed by atoms with Crippen LogP contribution >= 0.6 is 0 Å². The largest absolute Gasteiger partial charge is 0.458 e. The highest BCUT2D eigenvalue weighted by Crippen LogP contribution is 2.38. The van der Waals surface area contributed by atoms with Crippen molar-refractivity contribution in [3.8, 4) is 50.9 Å². The number of para-hydroxylation sites is 1. The van der Waals surface area contributed by atoms with E-state index >= 15 is 0 Å². The van der Waals surface area contributed by atoms with E-state index in [4.69, 9.17) is 24.8 Å². The molecule has 0 aliphatic rings. The van der Waals surface area contributed by atoms with Gasteiger partial charge in [-0.1, -0.05) is 125 Å². The van der Waals surface area contributed by atoms with Crippen molar-refractivity contribution in [2.75, 3.05) is 0 Å². The lowest BCUT2D eigenvalue weighted by Crippen LogP contribution is -2.30. The summed E-state index contributed by atoms with van der Waals surface area (Å²) in [7, 11) is 0. The first-order chi connectivity index (χ1) is 31.6. The summed E-state index contributed by atoms with van der Waals surface area (Å²) in [4.78, 5) is 4.78. The van der Waals surface area contributed by atoms with Gasteiger partial charge in [0.15, 0.2) is 0 Å². The Morgan fingerprint density at radius 1 is 0.732 bits per heavy atom. The number of benzene rings is 6. The van der Waals surface area contributed by atoms with E-state index in [0.717, 1.165) is 27.4 Å². The average molecular weight is 740 g/mol. The summed E-state index contributed by atoms with van der Waals surface area (Å²) in [6, 6.07) is 23.0. The summed E-state index contributed by atoms with van der Waals surface area (Å²) in [5.74, 6) is 0.897. The Labute approximate surface area is 344 Å². The molecule has 5 heteroatoms. The zero-order chi connectivity index (χ0) is 48.0. The van der Waals surface area contributed by atoms with Gasteiger partial charge in [-0.25, -0.2) is 4.98 Å². The van der Waals surface area contributed by atoms with Crippen molar-refractivity contribution in [3.05, 3.63) is 187 Å². The quantitative estimate of drug-likeness (QED) is 0.115. The van der Waals surface area contributed by atoms with Gasteiger partial charge in [0.25, 0.3) is 6.33 Å². The Balaban J connectivity index is 1.16. The van der Waals surface area contributed by atoms with E-state index in [2.05, 4.69) is 49.9 Å². The molecule has 0 N–H and O–H groups in total. The first-order valence-corrected chi connectivity index (χ1v) is 18.3. The highest BCUT2D eigenvalue weighted by Gasteiger charge is 2.20. The second-order valence-corrected chi connectivity index (χ2v) is 14.8. The molecule has 0 spiro atoms. The Morgan fingerprint density at radius 3 is 2.12 bits per heavy atom. The number of hydrogen-bond acceptors (Lipinski definition) is 2. The number of rotatable bonds is 8. The minimum absolute atomic E-state index is 0.0825. The van der Waals surface area contributed by atoms with Crippen molar-refractivity contribution in [3.63, 3.8) is 0 Å². The number of imidazole rings is 1. The van der Waals surface area contributed by atoms with Crippen LogP contribution in [-0.4, -0.2) is 14.1 Å². The number of pyridine rings is 1. The van der Waals surface area contributed by atoms with Crippen LogP contribution in [0.5, 0.6) is 11.5 Å². The van der Waals surface area contributed by atoms with Crippen LogP contribution in [0, 0.1) is 6.33 Å². The Hall–Kier alpha value is -6.72. The molecule has 0 atom stereocenters. The molecule has 0 saturated carbocycles. The van der Waals surface area contributed by atoms with Crippen molar-refractivity contribution in [2.45, 2.75) is 45.9 Å². The van der Waals surface area contributed by atoms with Gasteiger partial charge in [0.1, 0.15) is 17.3 Å². The van der Waals surface area contributed by atoms with E-state index in [-0.39, 0.29) is 33.4 Å². The lowest BCUT2D eigenvalue weighted by atomic mass is 9.86. The molecule has 9 aromatic rings. The van der Waals surface area contributed by atoms with Crippen molar-refractivity contribution in [2.24, 2.45) is 0 Å². The van der Waals surface area contributed by atoms with E-state index in [9.17, 15) is 0 Å².